The molecular formula is C23H24BrNO3. The summed E-state index contributed by atoms with van der Waals surface area (Å²) in [5, 5.41) is 1.24. The largest absolute Gasteiger partial charge is 0.496 e. The smallest absolute Gasteiger partial charge is 0.155 e. The van der Waals surface area contributed by atoms with Crippen LogP contribution < -0.4 is 9.47 Å². The van der Waals surface area contributed by atoms with E-state index in [2.05, 4.69) is 45.6 Å². The van der Waals surface area contributed by atoms with Crippen molar-refractivity contribution in [3.63, 3.8) is 0 Å². The maximum absolute atomic E-state index is 12.3. The first-order valence-electron chi connectivity index (χ1n) is 9.20. The third kappa shape index (κ3) is 4.47. The summed E-state index contributed by atoms with van der Waals surface area (Å²) < 4.78 is 13.8. The molecular weight excluding hydrogens is 418 g/mol. The van der Waals surface area contributed by atoms with Gasteiger partial charge in [-0.1, -0.05) is 18.2 Å². The molecule has 0 aliphatic carbocycles. The number of ether oxygens (including phenoxy) is 2. The Balaban J connectivity index is 1.63. The quantitative estimate of drug-likeness (QED) is 0.415. The fourth-order valence-corrected chi connectivity index (χ4v) is 3.86. The van der Waals surface area contributed by atoms with Crippen molar-refractivity contribution in [2.24, 2.45) is 0 Å². The molecule has 0 fully saturated rings. The van der Waals surface area contributed by atoms with Crippen LogP contribution >= 0.6 is 15.9 Å². The van der Waals surface area contributed by atoms with Crippen molar-refractivity contribution >= 4 is 38.7 Å². The van der Waals surface area contributed by atoms with Gasteiger partial charge in [0.15, 0.2) is 5.78 Å². The number of fused-ring (bicyclic) bond motifs is 1. The van der Waals surface area contributed by atoms with E-state index in [0.29, 0.717) is 17.9 Å². The van der Waals surface area contributed by atoms with Crippen molar-refractivity contribution in [2.45, 2.75) is 26.3 Å². The lowest BCUT2D eigenvalue weighted by Crippen LogP contribution is -2.02. The molecule has 1 heterocycles. The molecule has 0 N–H and O–H groups in total. The highest BCUT2D eigenvalue weighted by Gasteiger charge is 2.09. The summed E-state index contributed by atoms with van der Waals surface area (Å²) >= 11 is 3.47. The van der Waals surface area contributed by atoms with Gasteiger partial charge in [-0.2, -0.15) is 0 Å². The van der Waals surface area contributed by atoms with Crippen LogP contribution in [0.1, 0.15) is 24.1 Å². The molecule has 0 atom stereocenters. The van der Waals surface area contributed by atoms with E-state index in [0.717, 1.165) is 23.0 Å². The zero-order chi connectivity index (χ0) is 20.1. The number of allylic oxidation sites excluding steroid dienone is 1. The second-order valence-corrected chi connectivity index (χ2v) is 7.48. The number of methoxy groups -OCH3 is 2. The Morgan fingerprint density at radius 1 is 1.11 bits per heavy atom. The molecule has 0 bridgehead atoms. The first-order valence-corrected chi connectivity index (χ1v) is 10.00. The number of carbonyl (C=O) groups excluding carboxylic acids is 1. The normalized spacial score (nSPS) is 11.3. The Morgan fingerprint density at radius 2 is 1.86 bits per heavy atom. The number of aryl methyl sites for hydroxylation is 2. The summed E-state index contributed by atoms with van der Waals surface area (Å²) in [7, 11) is 3.21. The van der Waals surface area contributed by atoms with Crippen molar-refractivity contribution in [1.82, 2.24) is 4.57 Å². The second-order valence-electron chi connectivity index (χ2n) is 6.63. The van der Waals surface area contributed by atoms with Gasteiger partial charge >= 0.3 is 0 Å². The molecule has 1 aromatic heterocycles. The number of benzene rings is 2. The van der Waals surface area contributed by atoms with E-state index in [4.69, 9.17) is 9.47 Å². The number of halogens is 1. The average Bonchev–Trinajstić information content (AvgIpc) is 3.01. The standard InChI is InChI=1S/C23H24BrNO3/c1-16-13-17-7-4-5-9-21(17)25(16)12-6-8-19(26)11-10-18-14-20(24)23(28-3)15-22(18)27-2/h4-5,7,9-11,13-15H,6,8,12H2,1-3H3/b11-10+. The van der Waals surface area contributed by atoms with Gasteiger partial charge in [-0.05, 0) is 65.0 Å². The Kier molecular flexibility index (Phi) is 6.57. The minimum absolute atomic E-state index is 0.100. The molecule has 3 aromatic rings. The van der Waals surface area contributed by atoms with E-state index in [-0.39, 0.29) is 5.78 Å². The summed E-state index contributed by atoms with van der Waals surface area (Å²) in [5.74, 6) is 1.45. The highest BCUT2D eigenvalue weighted by Crippen LogP contribution is 2.33. The van der Waals surface area contributed by atoms with Gasteiger partial charge in [-0.3, -0.25) is 4.79 Å². The van der Waals surface area contributed by atoms with Crippen molar-refractivity contribution in [1.29, 1.82) is 0 Å². The zero-order valence-corrected chi connectivity index (χ0v) is 18.0. The van der Waals surface area contributed by atoms with Crippen LogP contribution in [0, 0.1) is 6.92 Å². The first-order chi connectivity index (χ1) is 13.5. The molecule has 28 heavy (non-hydrogen) atoms. The molecule has 0 saturated heterocycles. The van der Waals surface area contributed by atoms with Crippen LogP contribution in [0.4, 0.5) is 0 Å². The molecule has 0 spiro atoms. The molecule has 0 aliphatic rings. The number of rotatable bonds is 8. The zero-order valence-electron chi connectivity index (χ0n) is 16.4. The van der Waals surface area contributed by atoms with Crippen LogP contribution in [0.25, 0.3) is 17.0 Å². The molecule has 0 unspecified atom stereocenters. The highest BCUT2D eigenvalue weighted by molar-refractivity contribution is 9.10. The Labute approximate surface area is 173 Å². The van der Waals surface area contributed by atoms with Gasteiger partial charge in [0.2, 0.25) is 0 Å². The maximum atomic E-state index is 12.3. The van der Waals surface area contributed by atoms with Crippen molar-refractivity contribution < 1.29 is 14.3 Å². The lowest BCUT2D eigenvalue weighted by atomic mass is 10.1. The molecule has 2 aromatic carbocycles. The Bertz CT molecular complexity index is 1020. The van der Waals surface area contributed by atoms with Crippen LogP contribution in [0.2, 0.25) is 0 Å². The molecule has 146 valence electrons. The van der Waals surface area contributed by atoms with Gasteiger partial charge in [0.1, 0.15) is 11.5 Å². The number of hydrogen-bond acceptors (Lipinski definition) is 3. The van der Waals surface area contributed by atoms with Crippen LogP contribution in [0.5, 0.6) is 11.5 Å². The van der Waals surface area contributed by atoms with Crippen LogP contribution in [0.3, 0.4) is 0 Å². The van der Waals surface area contributed by atoms with E-state index >= 15 is 0 Å². The van der Waals surface area contributed by atoms with Gasteiger partial charge in [0.05, 0.1) is 18.7 Å². The molecule has 5 heteroatoms. The third-order valence-corrected chi connectivity index (χ3v) is 5.40. The summed E-state index contributed by atoms with van der Waals surface area (Å²) in [6, 6.07) is 14.2. The summed E-state index contributed by atoms with van der Waals surface area (Å²) in [6.45, 7) is 2.94. The van der Waals surface area contributed by atoms with E-state index < -0.39 is 0 Å². The first kappa shape index (κ1) is 20.2. The number of carbonyl (C=O) groups is 1. The number of para-hydroxylation sites is 1. The topological polar surface area (TPSA) is 40.5 Å². The Morgan fingerprint density at radius 3 is 2.61 bits per heavy atom. The average molecular weight is 442 g/mol. The van der Waals surface area contributed by atoms with Gasteiger partial charge in [0, 0.05) is 35.8 Å². The molecule has 0 saturated carbocycles. The second kappa shape index (κ2) is 9.11. The van der Waals surface area contributed by atoms with Crippen LogP contribution in [0.15, 0.2) is 53.0 Å². The highest BCUT2D eigenvalue weighted by atomic mass is 79.9. The number of hydrogen-bond donors (Lipinski definition) is 0. The number of ketones is 1. The molecule has 3 rings (SSSR count). The van der Waals surface area contributed by atoms with Crippen molar-refractivity contribution in [3.8, 4) is 11.5 Å². The van der Waals surface area contributed by atoms with Crippen molar-refractivity contribution in [3.05, 3.63) is 64.3 Å². The van der Waals surface area contributed by atoms with E-state index in [9.17, 15) is 4.79 Å². The van der Waals surface area contributed by atoms with Gasteiger partial charge in [-0.25, -0.2) is 0 Å². The predicted octanol–water partition coefficient (Wildman–Crippen LogP) is 5.79. The number of aromatic nitrogens is 1. The van der Waals surface area contributed by atoms with E-state index in [1.807, 2.05) is 18.2 Å². The molecule has 0 amide bonds. The maximum Gasteiger partial charge on any atom is 0.155 e. The monoisotopic (exact) mass is 441 g/mol. The van der Waals surface area contributed by atoms with Crippen molar-refractivity contribution in [2.75, 3.05) is 14.2 Å². The lowest BCUT2D eigenvalue weighted by molar-refractivity contribution is -0.114. The number of nitrogens with zero attached hydrogens (tertiary/aromatic N) is 1. The minimum atomic E-state index is 0.100. The molecule has 0 radical (unpaired) electrons. The summed E-state index contributed by atoms with van der Waals surface area (Å²) in [6.07, 6.45) is 4.72. The summed E-state index contributed by atoms with van der Waals surface area (Å²) in [5.41, 5.74) is 3.27. The van der Waals surface area contributed by atoms with E-state index in [1.54, 1.807) is 32.4 Å². The predicted molar refractivity (Wildman–Crippen MR) is 117 cm³/mol. The fourth-order valence-electron chi connectivity index (χ4n) is 3.34. The summed E-state index contributed by atoms with van der Waals surface area (Å²) in [4.78, 5) is 12.3. The van der Waals surface area contributed by atoms with Gasteiger partial charge in [-0.15, -0.1) is 0 Å². The van der Waals surface area contributed by atoms with E-state index in [1.165, 1.54) is 16.6 Å². The SMILES string of the molecule is COc1cc(OC)c(/C=C/C(=O)CCCn2c(C)cc3ccccc32)cc1Br. The Hall–Kier alpha value is -2.53. The van der Waals surface area contributed by atoms with Gasteiger partial charge in [0.25, 0.3) is 0 Å². The third-order valence-electron chi connectivity index (χ3n) is 4.78. The lowest BCUT2D eigenvalue weighted by Gasteiger charge is -2.09. The van der Waals surface area contributed by atoms with Crippen LogP contribution in [-0.4, -0.2) is 24.6 Å². The molecule has 0 aliphatic heterocycles. The molecule has 4 nitrogen and oxygen atoms in total. The van der Waals surface area contributed by atoms with Crippen LogP contribution in [-0.2, 0) is 11.3 Å². The fraction of sp³-hybridized carbons (Fsp3) is 0.261. The van der Waals surface area contributed by atoms with Gasteiger partial charge < -0.3 is 14.0 Å². The minimum Gasteiger partial charge on any atom is -0.496 e.